The minimum Gasteiger partial charge on any atom is -0.372 e. The van der Waals surface area contributed by atoms with Crippen molar-refractivity contribution in [2.45, 2.75) is 56.3 Å². The van der Waals surface area contributed by atoms with Crippen molar-refractivity contribution in [3.8, 4) is 0 Å². The number of nitrogens with one attached hydrogen (secondary N) is 1. The maximum Gasteiger partial charge on any atom is 0.264 e. The number of nitrogens with zero attached hydrogens (tertiary/aromatic N) is 2. The Morgan fingerprint density at radius 1 is 1.33 bits per heavy atom. The Bertz CT molecular complexity index is 878. The van der Waals surface area contributed by atoms with Gasteiger partial charge >= 0.3 is 0 Å². The number of benzene rings is 1. The molecule has 1 saturated carbocycles. The molecular weight excluding hydrogens is 437 g/mol. The van der Waals surface area contributed by atoms with Crippen LogP contribution in [0.3, 0.4) is 0 Å². The van der Waals surface area contributed by atoms with Crippen LogP contribution in [0.5, 0.6) is 0 Å². The second-order valence-corrected chi connectivity index (χ2v) is 9.39. The van der Waals surface area contributed by atoms with Crippen molar-refractivity contribution in [2.24, 2.45) is 0 Å². The molecule has 1 aromatic carbocycles. The van der Waals surface area contributed by atoms with Gasteiger partial charge < -0.3 is 15.3 Å². The molecule has 2 fully saturated rings. The van der Waals surface area contributed by atoms with E-state index in [0.29, 0.717) is 31.2 Å². The number of hydrogen-bond acceptors (Lipinski definition) is 5. The lowest BCUT2D eigenvalue weighted by molar-refractivity contribution is -0.155. The van der Waals surface area contributed by atoms with Gasteiger partial charge in [-0.2, -0.15) is 0 Å². The summed E-state index contributed by atoms with van der Waals surface area (Å²) >= 11 is 5.80. The Balaban J connectivity index is 1.59. The van der Waals surface area contributed by atoms with Crippen molar-refractivity contribution < 1.29 is 27.5 Å². The summed E-state index contributed by atoms with van der Waals surface area (Å²) < 4.78 is 37.0. The molecule has 0 spiro atoms. The van der Waals surface area contributed by atoms with Crippen molar-refractivity contribution >= 4 is 34.3 Å². The molecule has 2 amide bonds. The predicted molar refractivity (Wildman–Crippen MR) is 109 cm³/mol. The molecule has 166 valence electrons. The smallest absolute Gasteiger partial charge is 0.264 e. The second kappa shape index (κ2) is 9.17. The Hall–Kier alpha value is -1.75. The third-order valence-electron chi connectivity index (χ3n) is 5.97. The molecule has 1 aromatic rings. The van der Waals surface area contributed by atoms with Crippen LogP contribution in [-0.4, -0.2) is 65.8 Å². The number of amides is 2. The van der Waals surface area contributed by atoms with Crippen molar-refractivity contribution in [2.75, 3.05) is 13.6 Å². The zero-order valence-corrected chi connectivity index (χ0v) is 18.2. The summed E-state index contributed by atoms with van der Waals surface area (Å²) in [5, 5.41) is 13.4. The molecule has 1 heterocycles. The highest BCUT2D eigenvalue weighted by Gasteiger charge is 2.53. The average molecular weight is 462 g/mol. The summed E-state index contributed by atoms with van der Waals surface area (Å²) in [4.78, 5) is 26.9. The van der Waals surface area contributed by atoms with Gasteiger partial charge in [0.2, 0.25) is 16.5 Å². The number of rotatable bonds is 6. The van der Waals surface area contributed by atoms with E-state index in [4.69, 9.17) is 11.6 Å². The van der Waals surface area contributed by atoms with Crippen LogP contribution in [0, 0.1) is 5.82 Å². The predicted octanol–water partition coefficient (Wildman–Crippen LogP) is 0.828. The van der Waals surface area contributed by atoms with Crippen LogP contribution in [0.2, 0.25) is 5.02 Å². The van der Waals surface area contributed by atoms with E-state index in [1.165, 1.54) is 28.4 Å². The minimum atomic E-state index is -2.64. The maximum atomic E-state index is 13.4. The lowest BCUT2D eigenvalue weighted by atomic mass is 9.90. The average Bonchev–Trinajstić information content (AvgIpc) is 3.01. The van der Waals surface area contributed by atoms with Crippen LogP contribution in [0.4, 0.5) is 4.39 Å². The highest BCUT2D eigenvalue weighted by atomic mass is 35.5. The Kier molecular flexibility index (Phi) is 7.01. The van der Waals surface area contributed by atoms with E-state index in [1.54, 1.807) is 0 Å². The molecule has 0 bridgehead atoms. The van der Waals surface area contributed by atoms with E-state index in [9.17, 15) is 27.5 Å². The third-order valence-corrected chi connectivity index (χ3v) is 7.03. The quantitative estimate of drug-likeness (QED) is 0.429. The molecule has 1 saturated heterocycles. The van der Waals surface area contributed by atoms with Crippen LogP contribution in [-0.2, 0) is 27.0 Å². The molecule has 11 heteroatoms. The van der Waals surface area contributed by atoms with Gasteiger partial charge in [-0.25, -0.2) is 17.1 Å². The topological polar surface area (TPSA) is 107 Å². The van der Waals surface area contributed by atoms with Crippen molar-refractivity contribution in [3.05, 3.63) is 34.6 Å². The summed E-state index contributed by atoms with van der Waals surface area (Å²) in [6.45, 7) is 0.173. The summed E-state index contributed by atoms with van der Waals surface area (Å²) in [5.74, 6) is -2.02. The zero-order valence-electron chi connectivity index (χ0n) is 16.5. The van der Waals surface area contributed by atoms with E-state index >= 15 is 0 Å². The molecule has 0 aromatic heterocycles. The second-order valence-electron chi connectivity index (χ2n) is 7.84. The van der Waals surface area contributed by atoms with Crippen molar-refractivity contribution in [1.29, 1.82) is 0 Å². The first-order valence-electron chi connectivity index (χ1n) is 9.75. The fourth-order valence-electron chi connectivity index (χ4n) is 4.21. The van der Waals surface area contributed by atoms with Crippen LogP contribution < -0.4 is 5.32 Å². The van der Waals surface area contributed by atoms with Gasteiger partial charge in [0.05, 0.1) is 0 Å². The SMILES string of the molecule is CN(C1CCC(N2CCC(O)(C(=O)NCc3cc(F)cc(Cl)c3)C2=O)CC1)[SH](=O)=O. The number of aliphatic hydroxyl groups is 1. The molecule has 2 N–H and O–H groups in total. The normalized spacial score (nSPS) is 27.1. The largest absolute Gasteiger partial charge is 0.372 e. The Labute approximate surface area is 181 Å². The molecule has 3 rings (SSSR count). The van der Waals surface area contributed by atoms with Gasteiger partial charge in [-0.3, -0.25) is 9.59 Å². The molecule has 1 aliphatic carbocycles. The number of hydrogen-bond donors (Lipinski definition) is 3. The first-order valence-corrected chi connectivity index (χ1v) is 11.3. The van der Waals surface area contributed by atoms with Gasteiger partial charge in [-0.1, -0.05) is 11.6 Å². The molecule has 1 aliphatic heterocycles. The third kappa shape index (κ3) is 4.77. The summed E-state index contributed by atoms with van der Waals surface area (Å²) in [6, 6.07) is 3.60. The minimum absolute atomic E-state index is 0.0339. The number of carbonyl (C=O) groups excluding carboxylic acids is 2. The van der Waals surface area contributed by atoms with E-state index < -0.39 is 34.1 Å². The van der Waals surface area contributed by atoms with Gasteiger partial charge in [0.25, 0.3) is 11.8 Å². The highest BCUT2D eigenvalue weighted by molar-refractivity contribution is 7.69. The molecule has 1 unspecified atom stereocenters. The monoisotopic (exact) mass is 461 g/mol. The standard InChI is InChI=1S/C19H25ClFN3O5S/c1-23(30(28)29)15-2-4-16(5-3-15)24-7-6-19(27,18(24)26)17(25)22-11-12-8-13(20)10-14(21)9-12/h8-10,15-16,27,30H,2-7,11H2,1H3,(H,22,25). The summed E-state index contributed by atoms with van der Waals surface area (Å²) in [6.07, 6.45) is 2.39. The molecule has 2 aliphatic rings. The zero-order chi connectivity index (χ0) is 22.1. The maximum absolute atomic E-state index is 13.4. The number of carbonyl (C=O) groups is 2. The van der Waals surface area contributed by atoms with Gasteiger partial charge in [0, 0.05) is 43.7 Å². The van der Waals surface area contributed by atoms with Crippen LogP contribution in [0.1, 0.15) is 37.7 Å². The number of halogens is 2. The van der Waals surface area contributed by atoms with Gasteiger partial charge in [-0.05, 0) is 49.4 Å². The highest BCUT2D eigenvalue weighted by Crippen LogP contribution is 2.32. The summed E-state index contributed by atoms with van der Waals surface area (Å²) in [7, 11) is -1.11. The first-order chi connectivity index (χ1) is 14.1. The van der Waals surface area contributed by atoms with Gasteiger partial charge in [-0.15, -0.1) is 0 Å². The molecule has 1 atom stereocenters. The fourth-order valence-corrected chi connectivity index (χ4v) is 4.95. The molecule has 30 heavy (non-hydrogen) atoms. The van der Waals surface area contributed by atoms with E-state index in [1.807, 2.05) is 0 Å². The van der Waals surface area contributed by atoms with E-state index in [-0.39, 0.29) is 36.6 Å². The van der Waals surface area contributed by atoms with Crippen molar-refractivity contribution in [1.82, 2.24) is 14.5 Å². The van der Waals surface area contributed by atoms with Crippen LogP contribution >= 0.6 is 11.6 Å². The van der Waals surface area contributed by atoms with Crippen molar-refractivity contribution in [3.63, 3.8) is 0 Å². The number of thiol groups is 1. The van der Waals surface area contributed by atoms with Gasteiger partial charge in [0.15, 0.2) is 0 Å². The lowest BCUT2D eigenvalue weighted by Crippen LogP contribution is -2.54. The van der Waals surface area contributed by atoms with E-state index in [0.717, 1.165) is 6.07 Å². The number of likely N-dealkylation sites (tertiary alicyclic amines) is 1. The Morgan fingerprint density at radius 2 is 2.00 bits per heavy atom. The fraction of sp³-hybridized carbons (Fsp3) is 0.579. The molecule has 0 radical (unpaired) electrons. The molecular formula is C19H25ClFN3O5S. The van der Waals surface area contributed by atoms with Crippen LogP contribution in [0.15, 0.2) is 18.2 Å². The first kappa shape index (κ1) is 22.9. The van der Waals surface area contributed by atoms with Crippen LogP contribution in [0.25, 0.3) is 0 Å². The lowest BCUT2D eigenvalue weighted by Gasteiger charge is -2.36. The Morgan fingerprint density at radius 3 is 2.60 bits per heavy atom. The van der Waals surface area contributed by atoms with E-state index in [2.05, 4.69) is 5.32 Å². The van der Waals surface area contributed by atoms with Gasteiger partial charge in [0.1, 0.15) is 5.82 Å². The molecule has 8 nitrogen and oxygen atoms in total. The summed E-state index contributed by atoms with van der Waals surface area (Å²) in [5.41, 5.74) is -1.75.